The number of aromatic nitrogens is 3. The predicted molar refractivity (Wildman–Crippen MR) is 82.5 cm³/mol. The van der Waals surface area contributed by atoms with Gasteiger partial charge < -0.3 is 0 Å². The lowest BCUT2D eigenvalue weighted by Gasteiger charge is -2.16. The second-order valence-corrected chi connectivity index (χ2v) is 5.85. The highest BCUT2D eigenvalue weighted by molar-refractivity contribution is 5.22. The molecule has 0 spiro atoms. The second-order valence-electron chi connectivity index (χ2n) is 5.85. The van der Waals surface area contributed by atoms with Gasteiger partial charge in [0, 0.05) is 18.8 Å². The summed E-state index contributed by atoms with van der Waals surface area (Å²) < 4.78 is 2.13. The summed E-state index contributed by atoms with van der Waals surface area (Å²) in [5, 5.41) is 4.73. The van der Waals surface area contributed by atoms with Gasteiger partial charge in [-0.05, 0) is 37.5 Å². The fraction of sp³-hybridized carbons (Fsp3) is 0.500. The molecule has 1 atom stereocenters. The lowest BCUT2D eigenvalue weighted by molar-refractivity contribution is 0.456. The molecule has 1 saturated carbocycles. The van der Waals surface area contributed by atoms with E-state index in [0.29, 0.717) is 6.04 Å². The molecule has 3 N–H and O–H groups in total. The zero-order valence-electron chi connectivity index (χ0n) is 12.5. The van der Waals surface area contributed by atoms with Crippen LogP contribution in [-0.4, -0.2) is 14.8 Å². The Balaban J connectivity index is 1.74. The molecule has 21 heavy (non-hydrogen) atoms. The molecule has 1 aliphatic carbocycles. The smallest absolute Gasteiger partial charge is 0.0690 e. The van der Waals surface area contributed by atoms with E-state index in [4.69, 9.17) is 10.9 Å². The predicted octanol–water partition coefficient (Wildman–Crippen LogP) is 2.45. The molecule has 5 heteroatoms. The Kier molecular flexibility index (Phi) is 4.31. The molecule has 0 aromatic carbocycles. The van der Waals surface area contributed by atoms with Gasteiger partial charge in [-0.2, -0.15) is 5.10 Å². The van der Waals surface area contributed by atoms with Crippen LogP contribution in [0.1, 0.15) is 54.7 Å². The maximum atomic E-state index is 5.73. The molecular formula is C16H23N5. The first-order valence-electron chi connectivity index (χ1n) is 7.69. The van der Waals surface area contributed by atoms with E-state index < -0.39 is 0 Å². The molecule has 1 fully saturated rings. The second kappa shape index (κ2) is 6.37. The summed E-state index contributed by atoms with van der Waals surface area (Å²) in [6.07, 6.45) is 9.81. The topological polar surface area (TPSA) is 68.8 Å². The molecule has 5 nitrogen and oxygen atoms in total. The molecule has 3 rings (SSSR count). The van der Waals surface area contributed by atoms with Gasteiger partial charge in [-0.1, -0.05) is 18.9 Å². The fourth-order valence-electron chi connectivity index (χ4n) is 3.16. The minimum absolute atomic E-state index is 0.00173. The van der Waals surface area contributed by atoms with Crippen molar-refractivity contribution < 1.29 is 0 Å². The van der Waals surface area contributed by atoms with E-state index in [-0.39, 0.29) is 6.04 Å². The summed E-state index contributed by atoms with van der Waals surface area (Å²) in [7, 11) is 0. The van der Waals surface area contributed by atoms with Crippen LogP contribution in [0, 0.1) is 6.92 Å². The first-order valence-corrected chi connectivity index (χ1v) is 7.69. The molecule has 0 amide bonds. The Morgan fingerprint density at radius 1 is 1.38 bits per heavy atom. The van der Waals surface area contributed by atoms with Gasteiger partial charge in [0.25, 0.3) is 0 Å². The Labute approximate surface area is 125 Å². The number of pyridine rings is 1. The van der Waals surface area contributed by atoms with E-state index in [1.54, 1.807) is 0 Å². The number of hydrazine groups is 1. The van der Waals surface area contributed by atoms with Gasteiger partial charge in [0.2, 0.25) is 0 Å². The largest absolute Gasteiger partial charge is 0.271 e. The zero-order valence-corrected chi connectivity index (χ0v) is 12.5. The number of rotatable bonds is 5. The lowest BCUT2D eigenvalue weighted by Crippen LogP contribution is -2.31. The highest BCUT2D eigenvalue weighted by Gasteiger charge is 2.19. The van der Waals surface area contributed by atoms with Crippen LogP contribution in [0.4, 0.5) is 0 Å². The molecule has 2 heterocycles. The van der Waals surface area contributed by atoms with Crippen molar-refractivity contribution in [2.45, 2.75) is 51.1 Å². The van der Waals surface area contributed by atoms with E-state index >= 15 is 0 Å². The van der Waals surface area contributed by atoms with Crippen LogP contribution in [-0.2, 0) is 6.42 Å². The van der Waals surface area contributed by atoms with Gasteiger partial charge in [-0.15, -0.1) is 0 Å². The molecular weight excluding hydrogens is 262 g/mol. The van der Waals surface area contributed by atoms with Gasteiger partial charge in [0.1, 0.15) is 0 Å². The number of nitrogens with zero attached hydrogens (tertiary/aromatic N) is 3. The van der Waals surface area contributed by atoms with Gasteiger partial charge in [-0.25, -0.2) is 0 Å². The molecule has 0 bridgehead atoms. The number of aryl methyl sites for hydroxylation is 1. The summed E-state index contributed by atoms with van der Waals surface area (Å²) in [6.45, 7) is 2.06. The highest BCUT2D eigenvalue weighted by Crippen LogP contribution is 2.29. The van der Waals surface area contributed by atoms with Gasteiger partial charge >= 0.3 is 0 Å². The molecule has 0 saturated heterocycles. The number of nitrogens with two attached hydrogens (primary N) is 1. The third-order valence-corrected chi connectivity index (χ3v) is 4.36. The van der Waals surface area contributed by atoms with Crippen molar-refractivity contribution in [3.05, 3.63) is 47.5 Å². The molecule has 0 radical (unpaired) electrons. The third-order valence-electron chi connectivity index (χ3n) is 4.36. The summed E-state index contributed by atoms with van der Waals surface area (Å²) in [5.74, 6) is 5.73. The highest BCUT2D eigenvalue weighted by atomic mass is 15.3. The first-order chi connectivity index (χ1) is 10.3. The van der Waals surface area contributed by atoms with Crippen molar-refractivity contribution >= 4 is 0 Å². The molecule has 1 unspecified atom stereocenters. The minimum atomic E-state index is -0.00173. The average Bonchev–Trinajstić information content (AvgIpc) is 3.16. The van der Waals surface area contributed by atoms with Crippen molar-refractivity contribution in [3.63, 3.8) is 0 Å². The lowest BCUT2D eigenvalue weighted by atomic mass is 10.0. The van der Waals surface area contributed by atoms with E-state index in [0.717, 1.165) is 23.4 Å². The van der Waals surface area contributed by atoms with Crippen LogP contribution in [0.15, 0.2) is 30.6 Å². The Morgan fingerprint density at radius 3 is 2.90 bits per heavy atom. The van der Waals surface area contributed by atoms with Crippen molar-refractivity contribution in [2.24, 2.45) is 5.84 Å². The normalized spacial score (nSPS) is 17.2. The monoisotopic (exact) mass is 285 g/mol. The Hall–Kier alpha value is -1.72. The standard InChI is InChI=1S/C16H23N5/c1-12-5-4-9-18-16(12)15(19-17)11-13-8-10-21(20-13)14-6-2-3-7-14/h4-5,8-10,14-15,19H,2-3,6-7,11,17H2,1H3. The molecule has 112 valence electrons. The van der Waals surface area contributed by atoms with E-state index in [1.165, 1.54) is 25.7 Å². The maximum Gasteiger partial charge on any atom is 0.0690 e. The zero-order chi connectivity index (χ0) is 14.7. The van der Waals surface area contributed by atoms with E-state index in [1.807, 2.05) is 12.3 Å². The molecule has 0 aliphatic heterocycles. The fourth-order valence-corrected chi connectivity index (χ4v) is 3.16. The Bertz CT molecular complexity index is 586. The van der Waals surface area contributed by atoms with E-state index in [2.05, 4.69) is 40.3 Å². The molecule has 2 aromatic heterocycles. The summed E-state index contributed by atoms with van der Waals surface area (Å²) >= 11 is 0. The van der Waals surface area contributed by atoms with Crippen molar-refractivity contribution in [3.8, 4) is 0 Å². The number of nitrogens with one attached hydrogen (secondary N) is 1. The van der Waals surface area contributed by atoms with Crippen LogP contribution in [0.2, 0.25) is 0 Å². The van der Waals surface area contributed by atoms with Crippen LogP contribution < -0.4 is 11.3 Å². The average molecular weight is 285 g/mol. The SMILES string of the molecule is Cc1cccnc1C(Cc1ccn(C2CCCC2)n1)NN. The van der Waals surface area contributed by atoms with Crippen LogP contribution in [0.5, 0.6) is 0 Å². The maximum absolute atomic E-state index is 5.73. The van der Waals surface area contributed by atoms with Crippen molar-refractivity contribution in [1.29, 1.82) is 0 Å². The Morgan fingerprint density at radius 2 is 2.19 bits per heavy atom. The molecule has 2 aromatic rings. The van der Waals surface area contributed by atoms with Gasteiger partial charge in [0.15, 0.2) is 0 Å². The van der Waals surface area contributed by atoms with Crippen LogP contribution in [0.3, 0.4) is 0 Å². The van der Waals surface area contributed by atoms with Crippen LogP contribution in [0.25, 0.3) is 0 Å². The summed E-state index contributed by atoms with van der Waals surface area (Å²) in [5.41, 5.74) is 6.08. The number of hydrogen-bond donors (Lipinski definition) is 2. The molecule has 1 aliphatic rings. The van der Waals surface area contributed by atoms with Crippen molar-refractivity contribution in [1.82, 2.24) is 20.2 Å². The third kappa shape index (κ3) is 3.14. The minimum Gasteiger partial charge on any atom is -0.271 e. The van der Waals surface area contributed by atoms with Gasteiger partial charge in [-0.3, -0.25) is 20.9 Å². The first kappa shape index (κ1) is 14.2. The quantitative estimate of drug-likeness (QED) is 0.654. The van der Waals surface area contributed by atoms with Crippen molar-refractivity contribution in [2.75, 3.05) is 0 Å². The summed E-state index contributed by atoms with van der Waals surface area (Å²) in [6, 6.07) is 6.68. The summed E-state index contributed by atoms with van der Waals surface area (Å²) in [4.78, 5) is 4.45. The van der Waals surface area contributed by atoms with E-state index in [9.17, 15) is 0 Å². The van der Waals surface area contributed by atoms with Crippen LogP contribution >= 0.6 is 0 Å². The number of hydrogen-bond acceptors (Lipinski definition) is 4. The van der Waals surface area contributed by atoms with Gasteiger partial charge in [0.05, 0.1) is 23.5 Å².